The number of anilines is 1. The Morgan fingerprint density at radius 1 is 0.774 bits per heavy atom. The molecule has 0 bridgehead atoms. The molecule has 3 aliphatic rings. The van der Waals surface area contributed by atoms with Crippen LogP contribution >= 0.6 is 0 Å². The zero-order valence-electron chi connectivity index (χ0n) is 35.2. The van der Waals surface area contributed by atoms with Gasteiger partial charge < -0.3 is 34.7 Å². The van der Waals surface area contributed by atoms with E-state index in [2.05, 4.69) is 15.3 Å². The molecule has 3 saturated heterocycles. The lowest BCUT2D eigenvalue weighted by Gasteiger charge is -2.34. The third-order valence-corrected chi connectivity index (χ3v) is 12.4. The van der Waals surface area contributed by atoms with Crippen LogP contribution in [0, 0.1) is 29.9 Å². The van der Waals surface area contributed by atoms with Crippen LogP contribution in [0.4, 0.5) is 32.4 Å². The molecule has 0 spiro atoms. The van der Waals surface area contributed by atoms with E-state index >= 15 is 8.78 Å². The highest BCUT2D eigenvalue weighted by molar-refractivity contribution is 5.87. The van der Waals surface area contributed by atoms with Gasteiger partial charge in [0.25, 0.3) is 0 Å². The smallest absolute Gasteiger partial charge is 0.419 e. The van der Waals surface area contributed by atoms with Crippen molar-refractivity contribution in [3.05, 3.63) is 94.9 Å². The van der Waals surface area contributed by atoms with Crippen molar-refractivity contribution in [1.29, 1.82) is 0 Å². The number of fused-ring (bicyclic) bond motifs is 2. The summed E-state index contributed by atoms with van der Waals surface area (Å²) in [7, 11) is 1.24. The van der Waals surface area contributed by atoms with Crippen LogP contribution in [-0.2, 0) is 20.5 Å². The number of hydrogen-bond donors (Lipinski definition) is 3. The minimum atomic E-state index is -5.10. The molecule has 5 heterocycles. The van der Waals surface area contributed by atoms with Crippen molar-refractivity contribution in [2.24, 2.45) is 11.8 Å². The highest BCUT2D eigenvalue weighted by atomic mass is 19.4. The van der Waals surface area contributed by atoms with Crippen LogP contribution in [0.5, 0.6) is 0 Å². The number of amides is 3. The third kappa shape index (κ3) is 8.17. The maximum absolute atomic E-state index is 16.1. The van der Waals surface area contributed by atoms with E-state index in [0.717, 1.165) is 24.8 Å². The Bertz CT molecular complexity index is 2500. The molecule has 62 heavy (non-hydrogen) atoms. The van der Waals surface area contributed by atoms with Gasteiger partial charge in [-0.1, -0.05) is 39.8 Å². The summed E-state index contributed by atoms with van der Waals surface area (Å²) in [4.78, 5) is 60.6. The van der Waals surface area contributed by atoms with Gasteiger partial charge in [-0.25, -0.2) is 23.5 Å². The van der Waals surface area contributed by atoms with E-state index in [-0.39, 0.29) is 41.4 Å². The number of aromatic amines is 2. The summed E-state index contributed by atoms with van der Waals surface area (Å²) < 4.78 is 77.5. The molecule has 3 fully saturated rings. The average Bonchev–Trinajstić information content (AvgIpc) is 4.07. The van der Waals surface area contributed by atoms with Crippen molar-refractivity contribution in [2.75, 3.05) is 25.1 Å². The molecule has 3 amide bonds. The number of halogens is 5. The number of methoxy groups -OCH3 is 1. The maximum Gasteiger partial charge on any atom is 0.419 e. The number of H-pyrrole nitrogens is 2. The number of nitrogens with one attached hydrogen (secondary N) is 3. The largest absolute Gasteiger partial charge is 0.453 e. The van der Waals surface area contributed by atoms with E-state index in [1.165, 1.54) is 7.11 Å². The first-order valence-electron chi connectivity index (χ1n) is 21.2. The molecule has 329 valence electrons. The van der Waals surface area contributed by atoms with Gasteiger partial charge in [-0.2, -0.15) is 13.2 Å². The summed E-state index contributed by atoms with van der Waals surface area (Å²) in [5.74, 6) is -2.03. The van der Waals surface area contributed by atoms with Crippen LogP contribution in [0.2, 0.25) is 0 Å². The molecular weight excluding hydrogens is 812 g/mol. The van der Waals surface area contributed by atoms with Crippen molar-refractivity contribution in [2.45, 2.75) is 103 Å². The molecule has 5 aromatic rings. The SMILES string of the molecule is COC(=O)N[C@H](C(=O)N1CCC[C@H]1c1nc2cc([C@H]3CC[C@H](c4ccc5[nH]c([C@@H]6CCCN6C(=O)[CH]C(C)C)nc5c4)N3c3cc(F)c(C(F)(F)F)cc3F)ccc2[nH]1)C(C)C. The molecule has 3 N–H and O–H groups in total. The molecule has 17 heteroatoms. The Morgan fingerprint density at radius 3 is 1.84 bits per heavy atom. The lowest BCUT2D eigenvalue weighted by Crippen LogP contribution is -2.51. The van der Waals surface area contributed by atoms with E-state index in [4.69, 9.17) is 14.7 Å². The number of aromatic nitrogens is 4. The fourth-order valence-electron chi connectivity index (χ4n) is 9.46. The predicted octanol–water partition coefficient (Wildman–Crippen LogP) is 9.39. The summed E-state index contributed by atoms with van der Waals surface area (Å²) in [6, 6.07) is 9.26. The Kier molecular flexibility index (Phi) is 11.7. The number of carbonyl (C=O) groups excluding carboxylic acids is 3. The minimum absolute atomic E-state index is 0.0493. The van der Waals surface area contributed by atoms with E-state index in [9.17, 15) is 27.6 Å². The molecule has 0 aliphatic carbocycles. The molecule has 0 unspecified atom stereocenters. The quantitative estimate of drug-likeness (QED) is 0.119. The van der Waals surface area contributed by atoms with Crippen LogP contribution in [0.1, 0.15) is 119 Å². The molecule has 2 aromatic heterocycles. The van der Waals surface area contributed by atoms with Crippen LogP contribution in [-0.4, -0.2) is 73.9 Å². The Labute approximate surface area is 355 Å². The molecule has 0 saturated carbocycles. The number of rotatable bonds is 10. The van der Waals surface area contributed by atoms with Crippen molar-refractivity contribution < 1.29 is 41.1 Å². The van der Waals surface area contributed by atoms with E-state index < -0.39 is 53.6 Å². The van der Waals surface area contributed by atoms with Gasteiger partial charge in [0, 0.05) is 19.2 Å². The summed E-state index contributed by atoms with van der Waals surface area (Å²) in [5, 5.41) is 2.65. The number of hydrogen-bond acceptors (Lipinski definition) is 7. The topological polar surface area (TPSA) is 140 Å². The number of likely N-dealkylation sites (tertiary alicyclic amines) is 2. The van der Waals surface area contributed by atoms with Gasteiger partial charge in [0.1, 0.15) is 29.3 Å². The van der Waals surface area contributed by atoms with Crippen LogP contribution in [0.25, 0.3) is 22.1 Å². The standard InChI is InChI=1S/C45H50F5N8O4/c1-23(2)18-39(59)56-16-6-8-36(56)41-51-30-12-10-25(19-32(30)53-41)34-14-15-35(58(34)38-22-28(46)27(21-29(38)47)45(48,49)50)26-11-13-31-33(20-26)54-42(52-31)37-9-7-17-57(37)43(60)40(24(3)4)55-44(61)62-5/h10-13,18-24,34-37,40H,6-9,14-17H2,1-5H3,(H,51,53)(H,52,54)(H,55,61)/t34-,35-,36+,37+,40+/m1/s1. The molecular formula is C45H50F5N8O4. The van der Waals surface area contributed by atoms with E-state index in [0.29, 0.717) is 77.7 Å². The second-order valence-corrected chi connectivity index (χ2v) is 17.2. The highest BCUT2D eigenvalue weighted by Crippen LogP contribution is 2.49. The molecule has 12 nitrogen and oxygen atoms in total. The van der Waals surface area contributed by atoms with Gasteiger partial charge in [-0.3, -0.25) is 9.59 Å². The maximum atomic E-state index is 16.1. The van der Waals surface area contributed by atoms with Crippen LogP contribution in [0.15, 0.2) is 48.5 Å². The van der Waals surface area contributed by atoms with Gasteiger partial charge in [0.05, 0.1) is 71.0 Å². The molecule has 3 aromatic carbocycles. The summed E-state index contributed by atoms with van der Waals surface area (Å²) in [6.45, 7) is 8.65. The molecule has 3 aliphatic heterocycles. The number of ether oxygens (including phenoxy) is 1. The molecule has 8 rings (SSSR count). The minimum Gasteiger partial charge on any atom is -0.453 e. The zero-order valence-corrected chi connectivity index (χ0v) is 35.2. The average molecular weight is 862 g/mol. The van der Waals surface area contributed by atoms with Gasteiger partial charge in [0.2, 0.25) is 11.8 Å². The fourth-order valence-corrected chi connectivity index (χ4v) is 9.46. The monoisotopic (exact) mass is 861 g/mol. The number of carbonyl (C=O) groups is 3. The van der Waals surface area contributed by atoms with Gasteiger partial charge in [0.15, 0.2) is 0 Å². The van der Waals surface area contributed by atoms with Crippen molar-refractivity contribution in [1.82, 2.24) is 35.1 Å². The first-order valence-corrected chi connectivity index (χ1v) is 21.2. The Hall–Kier alpha value is -5.74. The van der Waals surface area contributed by atoms with Crippen molar-refractivity contribution in [3.8, 4) is 0 Å². The lowest BCUT2D eigenvalue weighted by molar-refractivity contribution is -0.140. The second kappa shape index (κ2) is 16.9. The number of imidazole rings is 2. The van der Waals surface area contributed by atoms with E-state index in [1.807, 2.05) is 69.0 Å². The number of benzene rings is 3. The lowest BCUT2D eigenvalue weighted by atomic mass is 10.0. The summed E-state index contributed by atoms with van der Waals surface area (Å²) in [6.07, 6.45) is -0.292. The molecule has 5 atom stereocenters. The Morgan fingerprint density at radius 2 is 1.32 bits per heavy atom. The second-order valence-electron chi connectivity index (χ2n) is 17.2. The summed E-state index contributed by atoms with van der Waals surface area (Å²) in [5.41, 5.74) is 1.97. The predicted molar refractivity (Wildman–Crippen MR) is 221 cm³/mol. The van der Waals surface area contributed by atoms with Crippen LogP contribution in [0.3, 0.4) is 0 Å². The van der Waals surface area contributed by atoms with Crippen LogP contribution < -0.4 is 10.2 Å². The van der Waals surface area contributed by atoms with Crippen molar-refractivity contribution in [3.63, 3.8) is 0 Å². The van der Waals surface area contributed by atoms with Gasteiger partial charge >= 0.3 is 12.3 Å². The zero-order chi connectivity index (χ0) is 44.2. The van der Waals surface area contributed by atoms with E-state index in [1.54, 1.807) is 16.2 Å². The Balaban J connectivity index is 1.13. The molecule has 1 radical (unpaired) electrons. The number of nitrogens with zero attached hydrogens (tertiary/aromatic N) is 5. The van der Waals surface area contributed by atoms with Crippen molar-refractivity contribution >= 4 is 45.7 Å². The highest BCUT2D eigenvalue weighted by Gasteiger charge is 2.42. The normalized spacial score (nSPS) is 21.3. The van der Waals surface area contributed by atoms with Gasteiger partial charge in [-0.15, -0.1) is 0 Å². The van der Waals surface area contributed by atoms with Gasteiger partial charge in [-0.05, 0) is 91.8 Å². The fraction of sp³-hybridized carbons (Fsp3) is 0.467. The number of alkyl halides is 3. The third-order valence-electron chi connectivity index (χ3n) is 12.4. The number of alkyl carbamates (subject to hydrolysis) is 1. The summed E-state index contributed by atoms with van der Waals surface area (Å²) >= 11 is 0. The first kappa shape index (κ1) is 42.9. The first-order chi connectivity index (χ1) is 29.5.